The van der Waals surface area contributed by atoms with Gasteiger partial charge in [0.15, 0.2) is 0 Å². The van der Waals surface area contributed by atoms with Crippen LogP contribution in [0.4, 0.5) is 0 Å². The molecule has 6 nitrogen and oxygen atoms in total. The number of carbonyl (C=O) groups excluding carboxylic acids is 2. The van der Waals surface area contributed by atoms with Crippen molar-refractivity contribution < 1.29 is 19.1 Å². The van der Waals surface area contributed by atoms with Gasteiger partial charge in [0.2, 0.25) is 5.91 Å². The van der Waals surface area contributed by atoms with E-state index in [2.05, 4.69) is 0 Å². The fourth-order valence-corrected chi connectivity index (χ4v) is 3.95. The molecule has 1 atom stereocenters. The molecule has 1 aliphatic rings. The highest BCUT2D eigenvalue weighted by Gasteiger charge is 2.40. The molecule has 0 radical (unpaired) electrons. The second-order valence-corrected chi connectivity index (χ2v) is 7.85. The molecule has 1 saturated heterocycles. The molecule has 0 aliphatic carbocycles. The van der Waals surface area contributed by atoms with Gasteiger partial charge in [0.05, 0.1) is 19.3 Å². The third-order valence-corrected chi connectivity index (χ3v) is 5.45. The summed E-state index contributed by atoms with van der Waals surface area (Å²) in [5.41, 5.74) is 5.50. The summed E-state index contributed by atoms with van der Waals surface area (Å²) in [5.74, 6) is 0.659. The third kappa shape index (κ3) is 5.21. The maximum absolute atomic E-state index is 13.1. The fourth-order valence-electron chi connectivity index (χ4n) is 3.82. The molecule has 2 aromatic carbocycles. The van der Waals surface area contributed by atoms with Crippen LogP contribution in [0.25, 0.3) is 0 Å². The third-order valence-electron chi connectivity index (χ3n) is 5.19. The Morgan fingerprint density at radius 2 is 1.90 bits per heavy atom. The van der Waals surface area contributed by atoms with Gasteiger partial charge in [0.1, 0.15) is 11.5 Å². The number of methoxy groups -OCH3 is 1. The molecule has 1 aliphatic heterocycles. The summed E-state index contributed by atoms with van der Waals surface area (Å²) in [5, 5.41) is 0.621. The van der Waals surface area contributed by atoms with Crippen molar-refractivity contribution in [3.05, 3.63) is 59.1 Å². The van der Waals surface area contributed by atoms with Crippen molar-refractivity contribution in [1.82, 2.24) is 4.90 Å². The monoisotopic (exact) mass is 416 g/mol. The number of hydrogen-bond donors (Lipinski definition) is 1. The van der Waals surface area contributed by atoms with Crippen molar-refractivity contribution in [3.8, 4) is 11.5 Å². The molecule has 2 amide bonds. The predicted octanol–water partition coefficient (Wildman–Crippen LogP) is 3.53. The lowest BCUT2D eigenvalue weighted by Gasteiger charge is -2.42. The van der Waals surface area contributed by atoms with Gasteiger partial charge in [0.25, 0.3) is 5.91 Å². The van der Waals surface area contributed by atoms with Crippen molar-refractivity contribution >= 4 is 23.4 Å². The topological polar surface area (TPSA) is 81.9 Å². The zero-order valence-corrected chi connectivity index (χ0v) is 17.2. The van der Waals surface area contributed by atoms with E-state index in [0.29, 0.717) is 35.2 Å². The van der Waals surface area contributed by atoms with Crippen molar-refractivity contribution in [3.63, 3.8) is 0 Å². The minimum Gasteiger partial charge on any atom is -0.496 e. The van der Waals surface area contributed by atoms with E-state index in [4.69, 9.17) is 26.8 Å². The summed E-state index contributed by atoms with van der Waals surface area (Å²) in [6.07, 6.45) is 1.66. The zero-order chi connectivity index (χ0) is 20.9. The highest BCUT2D eigenvalue weighted by Crippen LogP contribution is 2.35. The molecular weight excluding hydrogens is 392 g/mol. The normalized spacial score (nSPS) is 18.9. The van der Waals surface area contributed by atoms with Crippen LogP contribution in [0.5, 0.6) is 11.5 Å². The number of para-hydroxylation sites is 1. The number of amides is 2. The quantitative estimate of drug-likeness (QED) is 0.748. The van der Waals surface area contributed by atoms with Crippen LogP contribution in [0.1, 0.15) is 29.6 Å². The maximum atomic E-state index is 13.1. The van der Waals surface area contributed by atoms with Crippen LogP contribution >= 0.6 is 11.6 Å². The van der Waals surface area contributed by atoms with Gasteiger partial charge in [-0.05, 0) is 49.2 Å². The Kier molecular flexibility index (Phi) is 6.64. The van der Waals surface area contributed by atoms with Gasteiger partial charge >= 0.3 is 0 Å². The molecular formula is C22H25ClN2O4. The first-order valence-corrected chi connectivity index (χ1v) is 9.89. The van der Waals surface area contributed by atoms with Gasteiger partial charge in [-0.25, -0.2) is 0 Å². The van der Waals surface area contributed by atoms with Gasteiger partial charge in [0, 0.05) is 29.9 Å². The number of carbonyl (C=O) groups is 2. The highest BCUT2D eigenvalue weighted by molar-refractivity contribution is 6.30. The Hall–Kier alpha value is -2.73. The molecule has 3 rings (SSSR count). The van der Waals surface area contributed by atoms with E-state index in [0.717, 1.165) is 12.8 Å². The number of likely N-dealkylation sites (tertiary alicyclic amines) is 1. The summed E-state index contributed by atoms with van der Waals surface area (Å²) >= 11 is 5.92. The largest absolute Gasteiger partial charge is 0.496 e. The van der Waals surface area contributed by atoms with Crippen LogP contribution in [0.3, 0.4) is 0 Å². The number of nitrogens with zero attached hydrogens (tertiary/aromatic N) is 1. The van der Waals surface area contributed by atoms with Crippen LogP contribution in [-0.4, -0.2) is 43.5 Å². The number of benzene rings is 2. The Labute approximate surface area is 175 Å². The SMILES string of the molecule is COc1ccccc1C(=O)N1CCC[C@](COc2ccc(Cl)cc2)(CC(N)=O)C1. The summed E-state index contributed by atoms with van der Waals surface area (Å²) in [4.78, 5) is 26.7. The molecule has 0 unspecified atom stereocenters. The number of rotatable bonds is 7. The number of hydrogen-bond acceptors (Lipinski definition) is 4. The van der Waals surface area contributed by atoms with Crippen molar-refractivity contribution in [1.29, 1.82) is 0 Å². The lowest BCUT2D eigenvalue weighted by Crippen LogP contribution is -2.50. The van der Waals surface area contributed by atoms with Crippen LogP contribution < -0.4 is 15.2 Å². The standard InChI is InChI=1S/C22H25ClN2O4/c1-28-19-6-3-2-5-18(19)21(27)25-12-4-11-22(14-25,13-20(24)26)15-29-17-9-7-16(23)8-10-17/h2-3,5-10H,4,11-15H2,1H3,(H2,24,26)/t22-/m0/s1. The van der Waals surface area contributed by atoms with E-state index < -0.39 is 11.3 Å². The summed E-state index contributed by atoms with van der Waals surface area (Å²) < 4.78 is 11.3. The van der Waals surface area contributed by atoms with Gasteiger partial charge in [-0.2, -0.15) is 0 Å². The minimum absolute atomic E-state index is 0.123. The van der Waals surface area contributed by atoms with Crippen LogP contribution in [0.15, 0.2) is 48.5 Å². The highest BCUT2D eigenvalue weighted by atomic mass is 35.5. The molecule has 0 bridgehead atoms. The Balaban J connectivity index is 1.78. The van der Waals surface area contributed by atoms with Crippen LogP contribution in [0.2, 0.25) is 5.02 Å². The predicted molar refractivity (Wildman–Crippen MR) is 111 cm³/mol. The van der Waals surface area contributed by atoms with Gasteiger partial charge in [-0.15, -0.1) is 0 Å². The lowest BCUT2D eigenvalue weighted by molar-refractivity contribution is -0.122. The van der Waals surface area contributed by atoms with Crippen molar-refractivity contribution in [2.24, 2.45) is 11.1 Å². The van der Waals surface area contributed by atoms with Crippen LogP contribution in [0, 0.1) is 5.41 Å². The van der Waals surface area contributed by atoms with Gasteiger partial charge in [-0.3, -0.25) is 9.59 Å². The molecule has 2 N–H and O–H groups in total. The molecule has 2 aromatic rings. The van der Waals surface area contributed by atoms with Crippen molar-refractivity contribution in [2.45, 2.75) is 19.3 Å². The molecule has 1 fully saturated rings. The van der Waals surface area contributed by atoms with E-state index in [1.54, 1.807) is 54.5 Å². The number of piperidine rings is 1. The molecule has 7 heteroatoms. The smallest absolute Gasteiger partial charge is 0.257 e. The first-order chi connectivity index (χ1) is 13.9. The van der Waals surface area contributed by atoms with Gasteiger partial charge in [-0.1, -0.05) is 23.7 Å². The average molecular weight is 417 g/mol. The number of primary amides is 1. The van der Waals surface area contributed by atoms with E-state index >= 15 is 0 Å². The Bertz CT molecular complexity index is 871. The Morgan fingerprint density at radius 1 is 1.17 bits per heavy atom. The molecule has 0 spiro atoms. The van der Waals surface area contributed by atoms with Gasteiger partial charge < -0.3 is 20.1 Å². The fraction of sp³-hybridized carbons (Fsp3) is 0.364. The number of ether oxygens (including phenoxy) is 2. The summed E-state index contributed by atoms with van der Waals surface area (Å²) in [6, 6.07) is 14.2. The van der Waals surface area contributed by atoms with Crippen molar-refractivity contribution in [2.75, 3.05) is 26.8 Å². The molecule has 0 aromatic heterocycles. The second kappa shape index (κ2) is 9.18. The van der Waals surface area contributed by atoms with Crippen LogP contribution in [-0.2, 0) is 4.79 Å². The Morgan fingerprint density at radius 3 is 2.59 bits per heavy atom. The van der Waals surface area contributed by atoms with E-state index in [1.807, 2.05) is 6.07 Å². The molecule has 1 heterocycles. The number of halogens is 1. The first-order valence-electron chi connectivity index (χ1n) is 9.51. The maximum Gasteiger partial charge on any atom is 0.257 e. The number of nitrogens with two attached hydrogens (primary N) is 1. The van der Waals surface area contributed by atoms with E-state index in [9.17, 15) is 9.59 Å². The molecule has 29 heavy (non-hydrogen) atoms. The van der Waals surface area contributed by atoms with E-state index in [-0.39, 0.29) is 18.9 Å². The zero-order valence-electron chi connectivity index (χ0n) is 16.4. The van der Waals surface area contributed by atoms with E-state index in [1.165, 1.54) is 0 Å². The lowest BCUT2D eigenvalue weighted by atomic mass is 9.77. The second-order valence-electron chi connectivity index (χ2n) is 7.42. The molecule has 0 saturated carbocycles. The summed E-state index contributed by atoms with van der Waals surface area (Å²) in [6.45, 7) is 1.28. The molecule has 154 valence electrons. The first kappa shape index (κ1) is 21.0. The average Bonchev–Trinajstić information content (AvgIpc) is 2.72. The minimum atomic E-state index is -0.540. The summed E-state index contributed by atoms with van der Waals surface area (Å²) in [7, 11) is 1.54.